The highest BCUT2D eigenvalue weighted by atomic mass is 16.6. The third-order valence-corrected chi connectivity index (χ3v) is 3.58. The second-order valence-corrected chi connectivity index (χ2v) is 4.98. The van der Waals surface area contributed by atoms with Gasteiger partial charge < -0.3 is 10.1 Å². The third-order valence-electron chi connectivity index (χ3n) is 3.58. The molecular weight excluding hydrogens is 264 g/mol. The Hall–Kier alpha value is -1.96. The van der Waals surface area contributed by atoms with E-state index >= 15 is 0 Å². The summed E-state index contributed by atoms with van der Waals surface area (Å²) in [4.78, 5) is 22.6. The zero-order valence-corrected chi connectivity index (χ0v) is 11.8. The number of nitrogens with zero attached hydrogens (tertiary/aromatic N) is 3. The largest absolute Gasteiger partial charge is 0.376 e. The lowest BCUT2D eigenvalue weighted by molar-refractivity contribution is -0.385. The lowest BCUT2D eigenvalue weighted by atomic mass is 10.1. The van der Waals surface area contributed by atoms with Gasteiger partial charge >= 0.3 is 5.69 Å². The SMILES string of the molecule is Cc1c([N+](=O)[O-])c(C(=O)NC(C)C2CCCO2)nn1C. The monoisotopic (exact) mass is 282 g/mol. The van der Waals surface area contributed by atoms with E-state index in [0.29, 0.717) is 12.3 Å². The van der Waals surface area contributed by atoms with Gasteiger partial charge in [0.25, 0.3) is 5.91 Å². The lowest BCUT2D eigenvalue weighted by Gasteiger charge is -2.19. The van der Waals surface area contributed by atoms with E-state index in [1.807, 2.05) is 6.92 Å². The Morgan fingerprint density at radius 2 is 2.35 bits per heavy atom. The molecule has 2 atom stereocenters. The summed E-state index contributed by atoms with van der Waals surface area (Å²) < 4.78 is 6.82. The van der Waals surface area contributed by atoms with Crippen LogP contribution in [-0.4, -0.2) is 39.4 Å². The molecule has 0 aromatic carbocycles. The highest BCUT2D eigenvalue weighted by molar-refractivity contribution is 5.96. The quantitative estimate of drug-likeness (QED) is 0.654. The highest BCUT2D eigenvalue weighted by Crippen LogP contribution is 2.22. The maximum Gasteiger partial charge on any atom is 0.322 e. The Labute approximate surface area is 116 Å². The number of hydrogen-bond acceptors (Lipinski definition) is 5. The minimum atomic E-state index is -0.575. The molecule has 1 aromatic heterocycles. The van der Waals surface area contributed by atoms with Gasteiger partial charge in [-0.25, -0.2) is 0 Å². The molecule has 20 heavy (non-hydrogen) atoms. The van der Waals surface area contributed by atoms with Crippen LogP contribution in [-0.2, 0) is 11.8 Å². The van der Waals surface area contributed by atoms with Crippen molar-refractivity contribution >= 4 is 11.6 Å². The molecule has 1 amide bonds. The summed E-state index contributed by atoms with van der Waals surface area (Å²) in [5.74, 6) is -0.539. The van der Waals surface area contributed by atoms with Gasteiger partial charge in [-0.05, 0) is 26.7 Å². The van der Waals surface area contributed by atoms with Crippen LogP contribution in [0.3, 0.4) is 0 Å². The summed E-state index contributed by atoms with van der Waals surface area (Å²) in [6.07, 6.45) is 1.81. The zero-order chi connectivity index (χ0) is 14.9. The van der Waals surface area contributed by atoms with Crippen molar-refractivity contribution in [3.8, 4) is 0 Å². The zero-order valence-electron chi connectivity index (χ0n) is 11.8. The highest BCUT2D eigenvalue weighted by Gasteiger charge is 2.31. The number of hydrogen-bond donors (Lipinski definition) is 1. The van der Waals surface area contributed by atoms with Crippen LogP contribution in [0.5, 0.6) is 0 Å². The molecule has 2 unspecified atom stereocenters. The van der Waals surface area contributed by atoms with Crippen molar-refractivity contribution in [2.75, 3.05) is 6.61 Å². The second kappa shape index (κ2) is 5.58. The van der Waals surface area contributed by atoms with Gasteiger partial charge in [0.05, 0.1) is 17.1 Å². The first-order valence-electron chi connectivity index (χ1n) is 6.52. The number of carbonyl (C=O) groups excluding carboxylic acids is 1. The van der Waals surface area contributed by atoms with Crippen LogP contribution in [0.1, 0.15) is 35.9 Å². The molecule has 1 aliphatic rings. The Bertz CT molecular complexity index is 534. The fourth-order valence-electron chi connectivity index (χ4n) is 2.33. The van der Waals surface area contributed by atoms with Crippen LogP contribution >= 0.6 is 0 Å². The molecule has 1 aromatic rings. The average Bonchev–Trinajstić information content (AvgIpc) is 2.98. The molecule has 0 radical (unpaired) electrons. The maximum atomic E-state index is 12.2. The van der Waals surface area contributed by atoms with Crippen LogP contribution < -0.4 is 5.32 Å². The molecule has 0 aliphatic carbocycles. The first-order valence-corrected chi connectivity index (χ1v) is 6.52. The standard InChI is InChI=1S/C12H18N4O4/c1-7(9-5-4-6-20-9)13-12(17)10-11(16(18)19)8(2)15(3)14-10/h7,9H,4-6H2,1-3H3,(H,13,17). The lowest BCUT2D eigenvalue weighted by Crippen LogP contribution is -2.41. The van der Waals surface area contributed by atoms with Crippen LogP contribution in [0, 0.1) is 17.0 Å². The molecule has 1 saturated heterocycles. The number of amides is 1. The topological polar surface area (TPSA) is 99.3 Å². The number of carbonyl (C=O) groups is 1. The predicted molar refractivity (Wildman–Crippen MR) is 70.5 cm³/mol. The summed E-state index contributed by atoms with van der Waals surface area (Å²) >= 11 is 0. The first-order chi connectivity index (χ1) is 9.41. The van der Waals surface area contributed by atoms with E-state index in [1.165, 1.54) is 4.68 Å². The molecule has 0 bridgehead atoms. The number of aryl methyl sites for hydroxylation is 1. The molecule has 0 saturated carbocycles. The molecule has 110 valence electrons. The van der Waals surface area contributed by atoms with Gasteiger partial charge in [-0.15, -0.1) is 0 Å². The van der Waals surface area contributed by atoms with E-state index in [9.17, 15) is 14.9 Å². The minimum Gasteiger partial charge on any atom is -0.376 e. The normalized spacial score (nSPS) is 19.9. The molecule has 1 N–H and O–H groups in total. The van der Waals surface area contributed by atoms with Crippen molar-refractivity contribution in [1.29, 1.82) is 0 Å². The van der Waals surface area contributed by atoms with Crippen LogP contribution in [0.15, 0.2) is 0 Å². The van der Waals surface area contributed by atoms with Crippen molar-refractivity contribution in [2.45, 2.75) is 38.8 Å². The van der Waals surface area contributed by atoms with Gasteiger partial charge in [0.15, 0.2) is 0 Å². The number of nitro groups is 1. The molecule has 1 fully saturated rings. The van der Waals surface area contributed by atoms with Crippen LogP contribution in [0.4, 0.5) is 5.69 Å². The van der Waals surface area contributed by atoms with E-state index in [4.69, 9.17) is 4.74 Å². The molecule has 8 heteroatoms. The number of rotatable bonds is 4. The Kier molecular flexibility index (Phi) is 4.03. The van der Waals surface area contributed by atoms with Gasteiger partial charge in [-0.1, -0.05) is 0 Å². The van der Waals surface area contributed by atoms with E-state index in [2.05, 4.69) is 10.4 Å². The maximum absolute atomic E-state index is 12.2. The first kappa shape index (κ1) is 14.4. The number of aromatic nitrogens is 2. The van der Waals surface area contributed by atoms with Gasteiger partial charge in [-0.3, -0.25) is 19.6 Å². The fraction of sp³-hybridized carbons (Fsp3) is 0.667. The second-order valence-electron chi connectivity index (χ2n) is 4.98. The van der Waals surface area contributed by atoms with Gasteiger partial charge in [0.1, 0.15) is 5.69 Å². The molecule has 2 rings (SSSR count). The average molecular weight is 282 g/mol. The third kappa shape index (κ3) is 2.64. The van der Waals surface area contributed by atoms with Gasteiger partial charge in [0.2, 0.25) is 5.69 Å². The van der Waals surface area contributed by atoms with Crippen LogP contribution in [0.2, 0.25) is 0 Å². The van der Waals surface area contributed by atoms with Crippen molar-refractivity contribution in [3.63, 3.8) is 0 Å². The van der Waals surface area contributed by atoms with Crippen LogP contribution in [0.25, 0.3) is 0 Å². The van der Waals surface area contributed by atoms with E-state index in [1.54, 1.807) is 14.0 Å². The summed E-state index contributed by atoms with van der Waals surface area (Å²) in [7, 11) is 1.57. The van der Waals surface area contributed by atoms with E-state index < -0.39 is 10.8 Å². The number of ether oxygens (including phenoxy) is 1. The number of nitrogens with one attached hydrogen (secondary N) is 1. The predicted octanol–water partition coefficient (Wildman–Crippen LogP) is 0.934. The van der Waals surface area contributed by atoms with E-state index in [0.717, 1.165) is 12.8 Å². The summed E-state index contributed by atoms with van der Waals surface area (Å²) in [6.45, 7) is 4.08. The van der Waals surface area contributed by atoms with Gasteiger partial charge in [-0.2, -0.15) is 5.10 Å². The smallest absolute Gasteiger partial charge is 0.322 e. The molecule has 0 spiro atoms. The summed E-state index contributed by atoms with van der Waals surface area (Å²) in [5.41, 5.74) is -0.0469. The summed E-state index contributed by atoms with van der Waals surface area (Å²) in [5, 5.41) is 17.7. The Morgan fingerprint density at radius 3 is 2.90 bits per heavy atom. The Balaban J connectivity index is 2.16. The summed E-state index contributed by atoms with van der Waals surface area (Å²) in [6, 6.07) is -0.202. The van der Waals surface area contributed by atoms with Crippen molar-refractivity contribution in [3.05, 3.63) is 21.5 Å². The molecule has 8 nitrogen and oxygen atoms in total. The molecule has 2 heterocycles. The Morgan fingerprint density at radius 1 is 1.65 bits per heavy atom. The van der Waals surface area contributed by atoms with Crippen molar-refractivity contribution in [2.24, 2.45) is 7.05 Å². The van der Waals surface area contributed by atoms with Crippen molar-refractivity contribution in [1.82, 2.24) is 15.1 Å². The minimum absolute atomic E-state index is 0.0391. The van der Waals surface area contributed by atoms with E-state index in [-0.39, 0.29) is 23.5 Å². The molecule has 1 aliphatic heterocycles. The van der Waals surface area contributed by atoms with Crippen molar-refractivity contribution < 1.29 is 14.5 Å². The fourth-order valence-corrected chi connectivity index (χ4v) is 2.33. The van der Waals surface area contributed by atoms with Gasteiger partial charge in [0, 0.05) is 13.7 Å². The molecular formula is C12H18N4O4.